The number of hydrogen-bond acceptors (Lipinski definition) is 3. The second-order valence-electron chi connectivity index (χ2n) is 5.60. The van der Waals surface area contributed by atoms with Gasteiger partial charge < -0.3 is 14.4 Å². The van der Waals surface area contributed by atoms with Gasteiger partial charge in [-0.1, -0.05) is 24.3 Å². The first kappa shape index (κ1) is 12.8. The van der Waals surface area contributed by atoms with E-state index in [1.54, 1.807) is 6.21 Å². The third kappa shape index (κ3) is 2.43. The van der Waals surface area contributed by atoms with Gasteiger partial charge in [0.15, 0.2) is 0 Å². The van der Waals surface area contributed by atoms with E-state index in [9.17, 15) is 9.90 Å². The van der Waals surface area contributed by atoms with Crippen LogP contribution in [0.4, 0.5) is 0 Å². The summed E-state index contributed by atoms with van der Waals surface area (Å²) in [5.74, 6) is -1.01. The Hall–Kier alpha value is -1.68. The van der Waals surface area contributed by atoms with E-state index < -0.39 is 12.0 Å². The molecule has 0 amide bonds. The van der Waals surface area contributed by atoms with Gasteiger partial charge in [0.1, 0.15) is 6.04 Å². The van der Waals surface area contributed by atoms with Crippen molar-refractivity contribution in [2.45, 2.75) is 18.5 Å². The highest BCUT2D eigenvalue weighted by molar-refractivity contribution is 5.86. The zero-order valence-electron chi connectivity index (χ0n) is 11.0. The minimum absolute atomic E-state index is 0.0693. The van der Waals surface area contributed by atoms with Crippen molar-refractivity contribution in [3.8, 4) is 0 Å². The Kier molecular flexibility index (Phi) is 3.22. The summed E-state index contributed by atoms with van der Waals surface area (Å²) < 4.78 is 0.344. The summed E-state index contributed by atoms with van der Waals surface area (Å²) >= 11 is 0. The summed E-state index contributed by atoms with van der Waals surface area (Å²) in [5, 5.41) is 11.3. The Morgan fingerprint density at radius 2 is 2.17 bits per heavy atom. The number of aliphatic imine (C=N–C) groups is 1. The number of carboxylic acids is 1. The molecule has 2 aliphatic rings. The molecule has 1 aliphatic heterocycles. The standard InChI is InChI=1S/C14H18N2O2/c1-16(2,3)13(14(17)18)8-10-9-15-12-7-5-4-6-11(10)12/h4-7,9,12-13H,8H2,1-3H3. The van der Waals surface area contributed by atoms with Crippen molar-refractivity contribution < 1.29 is 14.4 Å². The fraction of sp³-hybridized carbons (Fsp3) is 0.429. The molecule has 0 fully saturated rings. The number of quaternary nitrogens is 1. The molecule has 2 atom stereocenters. The lowest BCUT2D eigenvalue weighted by Crippen LogP contribution is -2.55. The van der Waals surface area contributed by atoms with Crippen LogP contribution in [0.25, 0.3) is 0 Å². The van der Waals surface area contributed by atoms with Crippen molar-refractivity contribution in [2.24, 2.45) is 4.99 Å². The number of carboxylic acid groups (broad SMARTS) is 1. The molecule has 0 bridgehead atoms. The van der Waals surface area contributed by atoms with Crippen LogP contribution in [0.2, 0.25) is 0 Å². The number of rotatable bonds is 4. The maximum Gasteiger partial charge on any atom is 0.133 e. The Morgan fingerprint density at radius 1 is 1.44 bits per heavy atom. The molecular formula is C14H18N2O2. The van der Waals surface area contributed by atoms with Crippen molar-refractivity contribution in [2.75, 3.05) is 21.1 Å². The number of nitrogens with zero attached hydrogens (tertiary/aromatic N) is 2. The van der Waals surface area contributed by atoms with Gasteiger partial charge in [0, 0.05) is 12.6 Å². The molecule has 4 heteroatoms. The van der Waals surface area contributed by atoms with Crippen LogP contribution in [0.5, 0.6) is 0 Å². The quantitative estimate of drug-likeness (QED) is 0.659. The van der Waals surface area contributed by atoms with Crippen LogP contribution in [0.15, 0.2) is 40.4 Å². The molecule has 0 radical (unpaired) electrons. The summed E-state index contributed by atoms with van der Waals surface area (Å²) in [4.78, 5) is 15.6. The van der Waals surface area contributed by atoms with E-state index in [4.69, 9.17) is 0 Å². The molecule has 0 spiro atoms. The zero-order chi connectivity index (χ0) is 13.3. The van der Waals surface area contributed by atoms with Gasteiger partial charge >= 0.3 is 0 Å². The first-order chi connectivity index (χ1) is 8.39. The average molecular weight is 246 g/mol. The number of carbonyl (C=O) groups excluding carboxylic acids is 1. The molecule has 0 saturated carbocycles. The van der Waals surface area contributed by atoms with Crippen LogP contribution < -0.4 is 5.11 Å². The minimum Gasteiger partial charge on any atom is -0.544 e. The van der Waals surface area contributed by atoms with Gasteiger partial charge in [0.2, 0.25) is 0 Å². The van der Waals surface area contributed by atoms with Crippen LogP contribution in [0.3, 0.4) is 0 Å². The van der Waals surface area contributed by atoms with Crippen LogP contribution in [-0.4, -0.2) is 49.9 Å². The predicted octanol–water partition coefficient (Wildman–Crippen LogP) is 0.0768. The fourth-order valence-corrected chi connectivity index (χ4v) is 2.25. The smallest absolute Gasteiger partial charge is 0.133 e. The number of carbonyl (C=O) groups is 1. The molecule has 1 heterocycles. The molecule has 0 aromatic heterocycles. The average Bonchev–Trinajstić information content (AvgIpc) is 2.67. The molecule has 18 heavy (non-hydrogen) atoms. The van der Waals surface area contributed by atoms with E-state index >= 15 is 0 Å². The highest BCUT2D eigenvalue weighted by Crippen LogP contribution is 2.27. The molecule has 2 unspecified atom stereocenters. The second kappa shape index (κ2) is 4.53. The van der Waals surface area contributed by atoms with Crippen LogP contribution in [0, 0.1) is 0 Å². The third-order valence-corrected chi connectivity index (χ3v) is 3.38. The molecule has 4 nitrogen and oxygen atoms in total. The predicted molar refractivity (Wildman–Crippen MR) is 69.0 cm³/mol. The summed E-state index contributed by atoms with van der Waals surface area (Å²) in [5.41, 5.74) is 2.11. The van der Waals surface area contributed by atoms with E-state index in [1.807, 2.05) is 45.4 Å². The van der Waals surface area contributed by atoms with Gasteiger partial charge in [-0.25, -0.2) is 0 Å². The van der Waals surface area contributed by atoms with Gasteiger partial charge in [-0.05, 0) is 11.1 Å². The molecule has 2 rings (SSSR count). The number of hydrogen-bond donors (Lipinski definition) is 0. The van der Waals surface area contributed by atoms with Gasteiger partial charge in [0.25, 0.3) is 0 Å². The molecule has 96 valence electrons. The molecular weight excluding hydrogens is 228 g/mol. The van der Waals surface area contributed by atoms with Crippen LogP contribution in [0.1, 0.15) is 6.42 Å². The SMILES string of the molecule is C[N+](C)(C)C(CC1=C2C=CC=CC2N=C1)C(=O)[O-]. The Labute approximate surface area is 107 Å². The maximum absolute atomic E-state index is 11.3. The lowest BCUT2D eigenvalue weighted by molar-refractivity contribution is -0.889. The molecule has 0 N–H and O–H groups in total. The first-order valence-corrected chi connectivity index (χ1v) is 6.02. The fourth-order valence-electron chi connectivity index (χ4n) is 2.25. The zero-order valence-corrected chi connectivity index (χ0v) is 11.0. The highest BCUT2D eigenvalue weighted by atomic mass is 16.4. The number of allylic oxidation sites excluding steroid dienone is 2. The van der Waals surface area contributed by atoms with Crippen molar-refractivity contribution >= 4 is 12.2 Å². The number of likely N-dealkylation sites (N-methyl/N-ethyl adjacent to an activating group) is 1. The lowest BCUT2D eigenvalue weighted by Gasteiger charge is -2.35. The van der Waals surface area contributed by atoms with E-state index in [0.717, 1.165) is 11.1 Å². The minimum atomic E-state index is -1.01. The first-order valence-electron chi connectivity index (χ1n) is 6.02. The summed E-state index contributed by atoms with van der Waals surface area (Å²) in [6.07, 6.45) is 10.2. The second-order valence-corrected chi connectivity index (χ2v) is 5.60. The Morgan fingerprint density at radius 3 is 2.78 bits per heavy atom. The normalized spacial score (nSPS) is 23.4. The van der Waals surface area contributed by atoms with Crippen LogP contribution in [-0.2, 0) is 4.79 Å². The third-order valence-electron chi connectivity index (χ3n) is 3.38. The number of fused-ring (bicyclic) bond motifs is 1. The van der Waals surface area contributed by atoms with Gasteiger partial charge in [-0.3, -0.25) is 4.99 Å². The van der Waals surface area contributed by atoms with E-state index in [-0.39, 0.29) is 6.04 Å². The van der Waals surface area contributed by atoms with Gasteiger partial charge in [-0.2, -0.15) is 0 Å². The van der Waals surface area contributed by atoms with Crippen molar-refractivity contribution in [1.82, 2.24) is 0 Å². The number of aliphatic carboxylic acids is 1. The highest BCUT2D eigenvalue weighted by Gasteiger charge is 2.29. The van der Waals surface area contributed by atoms with E-state index in [0.29, 0.717) is 10.9 Å². The molecule has 0 aromatic rings. The van der Waals surface area contributed by atoms with E-state index in [2.05, 4.69) is 4.99 Å². The van der Waals surface area contributed by atoms with Gasteiger partial charge in [0.05, 0.1) is 33.2 Å². The summed E-state index contributed by atoms with van der Waals surface area (Å²) in [7, 11) is 5.60. The Balaban J connectivity index is 2.24. The lowest BCUT2D eigenvalue weighted by atomic mass is 9.95. The summed E-state index contributed by atoms with van der Waals surface area (Å²) in [6.45, 7) is 0. The summed E-state index contributed by atoms with van der Waals surface area (Å²) in [6, 6.07) is -0.489. The van der Waals surface area contributed by atoms with Crippen LogP contribution >= 0.6 is 0 Å². The molecule has 0 saturated heterocycles. The molecule has 1 aliphatic carbocycles. The maximum atomic E-state index is 11.3. The largest absolute Gasteiger partial charge is 0.544 e. The van der Waals surface area contributed by atoms with E-state index in [1.165, 1.54) is 0 Å². The Bertz CT molecular complexity index is 479. The van der Waals surface area contributed by atoms with Crippen molar-refractivity contribution in [3.05, 3.63) is 35.5 Å². The van der Waals surface area contributed by atoms with Gasteiger partial charge in [-0.15, -0.1) is 0 Å². The molecule has 0 aromatic carbocycles. The monoisotopic (exact) mass is 246 g/mol. The van der Waals surface area contributed by atoms with Crippen molar-refractivity contribution in [1.29, 1.82) is 0 Å². The topological polar surface area (TPSA) is 52.5 Å². The van der Waals surface area contributed by atoms with Crippen molar-refractivity contribution in [3.63, 3.8) is 0 Å².